The van der Waals surface area contributed by atoms with Gasteiger partial charge in [-0.15, -0.1) is 0 Å². The number of aliphatic hydroxyl groups is 3. The summed E-state index contributed by atoms with van der Waals surface area (Å²) < 4.78 is 60.1. The number of amides is 1. The molecule has 0 unspecified atom stereocenters. The van der Waals surface area contributed by atoms with Gasteiger partial charge in [-0.3, -0.25) is 15.2 Å². The van der Waals surface area contributed by atoms with Gasteiger partial charge in [0, 0.05) is 24.8 Å². The molecular formula is C43H49F3N2O13. The Balaban J connectivity index is 1.13. The van der Waals surface area contributed by atoms with Crippen LogP contribution in [0.15, 0.2) is 97.1 Å². The molecule has 330 valence electrons. The molecule has 3 aromatic carbocycles. The fraction of sp³-hybridized carbons (Fsp3) is 0.372. The van der Waals surface area contributed by atoms with Gasteiger partial charge in [0.1, 0.15) is 31.6 Å². The van der Waals surface area contributed by atoms with Gasteiger partial charge in [0.05, 0.1) is 36.9 Å². The number of halogens is 3. The molecule has 0 aliphatic heterocycles. The lowest BCUT2D eigenvalue weighted by Crippen LogP contribution is -2.31. The SMILES string of the molecule is COc1cc(/C=C/C(=O)OCc2ccc(CON(O)O)cc2)ccc1OC(=O)CNC(=O)CCC/C=C\C[C@@H]1[C@@H](/C=C/[C@@H](O)COc2cccc(C(F)(F)F)c2)[C@H](O)C[C@@H]1O. The number of nitrogens with zero attached hydrogens (tertiary/aromatic N) is 1. The first-order chi connectivity index (χ1) is 29.1. The van der Waals surface area contributed by atoms with Crippen LogP contribution < -0.4 is 19.5 Å². The van der Waals surface area contributed by atoms with Crippen molar-refractivity contribution in [2.24, 2.45) is 11.8 Å². The zero-order valence-electron chi connectivity index (χ0n) is 33.1. The van der Waals surface area contributed by atoms with Crippen LogP contribution in [0.3, 0.4) is 0 Å². The fourth-order valence-electron chi connectivity index (χ4n) is 6.23. The van der Waals surface area contributed by atoms with Crippen molar-refractivity contribution in [3.05, 3.63) is 119 Å². The monoisotopic (exact) mass is 858 g/mol. The maximum Gasteiger partial charge on any atom is 0.416 e. The number of carbonyl (C=O) groups is 3. The lowest BCUT2D eigenvalue weighted by atomic mass is 9.89. The van der Waals surface area contributed by atoms with Crippen LogP contribution in [-0.4, -0.2) is 87.5 Å². The summed E-state index contributed by atoms with van der Waals surface area (Å²) in [5, 5.41) is 50.7. The Morgan fingerprint density at radius 1 is 0.951 bits per heavy atom. The number of alkyl halides is 3. The van der Waals surface area contributed by atoms with Crippen LogP contribution in [-0.2, 0) is 43.3 Å². The molecule has 0 saturated heterocycles. The molecule has 1 fully saturated rings. The van der Waals surface area contributed by atoms with Crippen molar-refractivity contribution < 1.29 is 77.1 Å². The highest BCUT2D eigenvalue weighted by molar-refractivity contribution is 5.87. The first kappa shape index (κ1) is 48.1. The average molecular weight is 859 g/mol. The van der Waals surface area contributed by atoms with Crippen LogP contribution >= 0.6 is 0 Å². The number of allylic oxidation sites excluding steroid dienone is 2. The summed E-state index contributed by atoms with van der Waals surface area (Å²) in [4.78, 5) is 41.6. The predicted octanol–water partition coefficient (Wildman–Crippen LogP) is 5.47. The largest absolute Gasteiger partial charge is 0.493 e. The summed E-state index contributed by atoms with van der Waals surface area (Å²) >= 11 is 0. The molecule has 1 saturated carbocycles. The Hall–Kier alpha value is -5.60. The summed E-state index contributed by atoms with van der Waals surface area (Å²) in [5.74, 6) is -2.31. The molecular weight excluding hydrogens is 809 g/mol. The maximum absolute atomic E-state index is 13.0. The van der Waals surface area contributed by atoms with E-state index in [-0.39, 0.29) is 67.1 Å². The van der Waals surface area contributed by atoms with E-state index >= 15 is 0 Å². The number of hydrogen-bond donors (Lipinski definition) is 6. The van der Waals surface area contributed by atoms with Crippen molar-refractivity contribution in [3.63, 3.8) is 0 Å². The van der Waals surface area contributed by atoms with Crippen LogP contribution in [0.2, 0.25) is 0 Å². The van der Waals surface area contributed by atoms with Crippen molar-refractivity contribution in [1.29, 1.82) is 0 Å². The standard InChI is InChI=1S/C43H49F3N2O13/c1-57-39-21-28(16-20-41(53)59-25-29-11-13-30(14-12-29)26-60-48(55)56)15-19-38(39)61-42(54)24-47-40(52)10-5-3-2-4-9-34-35(37(51)23-36(34)50)18-17-32(49)27-58-33-8-6-7-31(22-33)43(44,45)46/h2,4,6-8,11-22,32,34-37,49-51,55-56H,3,5,9-10,23-27H2,1H3,(H,47,52)/b4-2-,18-17+,20-16+/t32-,34-,35-,36+,37-/m1/s1. The smallest absolute Gasteiger partial charge is 0.416 e. The van der Waals surface area contributed by atoms with E-state index < -0.39 is 54.5 Å². The molecule has 61 heavy (non-hydrogen) atoms. The number of ether oxygens (including phenoxy) is 4. The van der Waals surface area contributed by atoms with E-state index in [4.69, 9.17) is 29.4 Å². The number of methoxy groups -OCH3 is 1. The molecule has 0 aromatic heterocycles. The van der Waals surface area contributed by atoms with Crippen molar-refractivity contribution >= 4 is 23.9 Å². The Bertz CT molecular complexity index is 1970. The van der Waals surface area contributed by atoms with Gasteiger partial charge in [0.15, 0.2) is 11.5 Å². The van der Waals surface area contributed by atoms with Crippen LogP contribution in [0.1, 0.15) is 54.4 Å². The molecule has 1 aliphatic carbocycles. The summed E-state index contributed by atoms with van der Waals surface area (Å²) in [6.07, 6.45) is 3.64. The Morgan fingerprint density at radius 2 is 1.69 bits per heavy atom. The highest BCUT2D eigenvalue weighted by Gasteiger charge is 2.39. The van der Waals surface area contributed by atoms with Gasteiger partial charge in [-0.1, -0.05) is 60.7 Å². The van der Waals surface area contributed by atoms with Crippen molar-refractivity contribution in [2.45, 2.75) is 69.8 Å². The summed E-state index contributed by atoms with van der Waals surface area (Å²) in [6, 6.07) is 15.6. The van der Waals surface area contributed by atoms with E-state index in [0.29, 0.717) is 36.0 Å². The third kappa shape index (κ3) is 16.8. The Morgan fingerprint density at radius 3 is 2.39 bits per heavy atom. The second-order valence-electron chi connectivity index (χ2n) is 13.9. The molecule has 1 amide bonds. The molecule has 0 heterocycles. The first-order valence-corrected chi connectivity index (χ1v) is 19.2. The van der Waals surface area contributed by atoms with Crippen LogP contribution in [0, 0.1) is 11.8 Å². The number of carbonyl (C=O) groups excluding carboxylic acids is 3. The Labute approximate surface area is 349 Å². The van der Waals surface area contributed by atoms with Crippen molar-refractivity contribution in [2.75, 3.05) is 20.3 Å². The van der Waals surface area contributed by atoms with Crippen LogP contribution in [0.5, 0.6) is 17.2 Å². The molecule has 1 aliphatic rings. The normalized spacial score (nSPS) is 18.5. The first-order valence-electron chi connectivity index (χ1n) is 19.2. The number of unbranched alkanes of at least 4 members (excludes halogenated alkanes) is 1. The van der Waals surface area contributed by atoms with Crippen LogP contribution in [0.25, 0.3) is 6.08 Å². The minimum Gasteiger partial charge on any atom is -0.493 e. The number of aliphatic hydroxyl groups excluding tert-OH is 3. The van der Waals surface area contributed by atoms with Crippen molar-refractivity contribution in [3.8, 4) is 17.2 Å². The highest BCUT2D eigenvalue weighted by Crippen LogP contribution is 2.37. The predicted molar refractivity (Wildman–Crippen MR) is 210 cm³/mol. The second-order valence-corrected chi connectivity index (χ2v) is 13.9. The van der Waals surface area contributed by atoms with Gasteiger partial charge in [0.2, 0.25) is 5.91 Å². The van der Waals surface area contributed by atoms with Gasteiger partial charge in [-0.05, 0) is 78.3 Å². The molecule has 4 rings (SSSR count). The molecule has 0 bridgehead atoms. The lowest BCUT2D eigenvalue weighted by Gasteiger charge is -2.19. The number of esters is 2. The van der Waals surface area contributed by atoms with Gasteiger partial charge >= 0.3 is 18.1 Å². The summed E-state index contributed by atoms with van der Waals surface area (Å²) in [7, 11) is 1.38. The minimum atomic E-state index is -4.53. The second kappa shape index (κ2) is 24.0. The van der Waals surface area contributed by atoms with E-state index in [1.807, 2.05) is 12.2 Å². The lowest BCUT2D eigenvalue weighted by molar-refractivity contribution is -0.497. The van der Waals surface area contributed by atoms with Gasteiger partial charge in [-0.2, -0.15) is 13.2 Å². The molecule has 0 radical (unpaired) electrons. The average Bonchev–Trinajstić information content (AvgIpc) is 3.51. The van der Waals surface area contributed by atoms with Gasteiger partial charge < -0.3 is 39.6 Å². The third-order valence-corrected chi connectivity index (χ3v) is 9.41. The van der Waals surface area contributed by atoms with E-state index in [0.717, 1.165) is 12.1 Å². The molecule has 3 aromatic rings. The number of benzene rings is 3. The van der Waals surface area contributed by atoms with Gasteiger partial charge in [-0.25, -0.2) is 14.4 Å². The number of nitrogens with one attached hydrogen (secondary N) is 1. The van der Waals surface area contributed by atoms with E-state index in [2.05, 4.69) is 10.2 Å². The number of hydrogen-bond acceptors (Lipinski definition) is 14. The molecule has 15 nitrogen and oxygen atoms in total. The van der Waals surface area contributed by atoms with Crippen LogP contribution in [0.4, 0.5) is 13.2 Å². The van der Waals surface area contributed by atoms with E-state index in [1.165, 1.54) is 43.5 Å². The topological polar surface area (TPSA) is 214 Å². The molecule has 0 spiro atoms. The third-order valence-electron chi connectivity index (χ3n) is 9.41. The van der Waals surface area contributed by atoms with Crippen molar-refractivity contribution in [1.82, 2.24) is 10.7 Å². The highest BCUT2D eigenvalue weighted by atomic mass is 19.4. The van der Waals surface area contributed by atoms with Gasteiger partial charge in [0.25, 0.3) is 0 Å². The fourth-order valence-corrected chi connectivity index (χ4v) is 6.23. The maximum atomic E-state index is 13.0. The zero-order chi connectivity index (χ0) is 44.4. The quantitative estimate of drug-likeness (QED) is 0.0185. The molecule has 18 heteroatoms. The summed E-state index contributed by atoms with van der Waals surface area (Å²) in [5.41, 5.74) is 1.03. The Kier molecular flexibility index (Phi) is 18.9. The molecule has 5 atom stereocenters. The molecule has 6 N–H and O–H groups in total. The number of rotatable bonds is 22. The van der Waals surface area contributed by atoms with E-state index in [1.54, 1.807) is 42.5 Å². The summed E-state index contributed by atoms with van der Waals surface area (Å²) in [6.45, 7) is -0.781. The minimum absolute atomic E-state index is 0.00345. The zero-order valence-corrected chi connectivity index (χ0v) is 33.1. The van der Waals surface area contributed by atoms with E-state index in [9.17, 15) is 42.9 Å².